The van der Waals surface area contributed by atoms with Crippen molar-refractivity contribution >= 4 is 26.9 Å². The van der Waals surface area contributed by atoms with E-state index in [1.165, 1.54) is 0 Å². The second-order valence-corrected chi connectivity index (χ2v) is 4.98. The minimum atomic E-state index is -0.280. The molecule has 0 fully saturated rings. The Bertz CT molecular complexity index is 616. The van der Waals surface area contributed by atoms with E-state index in [9.17, 15) is 4.79 Å². The molecule has 96 valence electrons. The topological polar surface area (TPSA) is 39.4 Å². The predicted octanol–water partition coefficient (Wildman–Crippen LogP) is 3.57. The van der Waals surface area contributed by atoms with Crippen molar-refractivity contribution in [1.29, 1.82) is 0 Å². The zero-order chi connectivity index (χ0) is 13.1. The van der Waals surface area contributed by atoms with E-state index < -0.39 is 0 Å². The van der Waals surface area contributed by atoms with Crippen molar-refractivity contribution < 1.29 is 9.15 Å². The van der Waals surface area contributed by atoms with Crippen molar-refractivity contribution in [2.24, 2.45) is 0 Å². The van der Waals surface area contributed by atoms with E-state index in [2.05, 4.69) is 15.9 Å². The lowest BCUT2D eigenvalue weighted by molar-refractivity contribution is 0.319. The number of fused-ring (bicyclic) bond motifs is 1. The SMILES string of the molecule is Cc1c(C)c2ccc(OCCCBr)cc2oc1=O. The van der Waals surface area contributed by atoms with Crippen LogP contribution in [0.4, 0.5) is 0 Å². The molecule has 18 heavy (non-hydrogen) atoms. The van der Waals surface area contributed by atoms with Gasteiger partial charge in [0, 0.05) is 22.3 Å². The average Bonchev–Trinajstić information content (AvgIpc) is 2.36. The Labute approximate surface area is 114 Å². The Hall–Kier alpha value is -1.29. The van der Waals surface area contributed by atoms with Gasteiger partial charge in [0.15, 0.2) is 0 Å². The summed E-state index contributed by atoms with van der Waals surface area (Å²) in [6, 6.07) is 5.62. The van der Waals surface area contributed by atoms with E-state index in [1.54, 1.807) is 13.0 Å². The molecule has 3 nitrogen and oxygen atoms in total. The minimum absolute atomic E-state index is 0.280. The summed E-state index contributed by atoms with van der Waals surface area (Å²) in [5.41, 5.74) is 1.93. The molecule has 0 saturated heterocycles. The molecule has 0 radical (unpaired) electrons. The van der Waals surface area contributed by atoms with Gasteiger partial charge in [-0.15, -0.1) is 0 Å². The number of hydrogen-bond acceptors (Lipinski definition) is 3. The van der Waals surface area contributed by atoms with Crippen LogP contribution in [0.3, 0.4) is 0 Å². The lowest BCUT2D eigenvalue weighted by Gasteiger charge is -2.08. The first-order valence-electron chi connectivity index (χ1n) is 5.86. The van der Waals surface area contributed by atoms with Crippen molar-refractivity contribution in [3.8, 4) is 5.75 Å². The number of alkyl halides is 1. The second kappa shape index (κ2) is 5.57. The summed E-state index contributed by atoms with van der Waals surface area (Å²) in [7, 11) is 0. The van der Waals surface area contributed by atoms with Crippen molar-refractivity contribution in [2.45, 2.75) is 20.3 Å². The fourth-order valence-electron chi connectivity index (χ4n) is 1.76. The van der Waals surface area contributed by atoms with E-state index in [1.807, 2.05) is 19.1 Å². The third-order valence-electron chi connectivity index (χ3n) is 2.98. The Morgan fingerprint density at radius 1 is 1.28 bits per heavy atom. The second-order valence-electron chi connectivity index (χ2n) is 4.19. The largest absolute Gasteiger partial charge is 0.493 e. The molecule has 1 heterocycles. The molecule has 0 unspecified atom stereocenters. The summed E-state index contributed by atoms with van der Waals surface area (Å²) >= 11 is 3.35. The minimum Gasteiger partial charge on any atom is -0.493 e. The quantitative estimate of drug-likeness (QED) is 0.492. The van der Waals surface area contributed by atoms with Gasteiger partial charge in [0.1, 0.15) is 11.3 Å². The molecule has 0 aliphatic heterocycles. The molecular formula is C14H15BrO3. The smallest absolute Gasteiger partial charge is 0.339 e. The summed E-state index contributed by atoms with van der Waals surface area (Å²) in [6.07, 6.45) is 0.939. The molecule has 0 N–H and O–H groups in total. The van der Waals surface area contributed by atoms with Gasteiger partial charge in [-0.3, -0.25) is 0 Å². The molecule has 0 bridgehead atoms. The summed E-state index contributed by atoms with van der Waals surface area (Å²) in [6.45, 7) is 4.35. The zero-order valence-corrected chi connectivity index (χ0v) is 12.0. The first-order chi connectivity index (χ1) is 8.63. The Morgan fingerprint density at radius 3 is 2.78 bits per heavy atom. The molecule has 0 saturated carbocycles. The first kappa shape index (κ1) is 13.1. The van der Waals surface area contributed by atoms with Crippen LogP contribution in [0.15, 0.2) is 27.4 Å². The highest BCUT2D eigenvalue weighted by Crippen LogP contribution is 2.23. The maximum Gasteiger partial charge on any atom is 0.339 e. The van der Waals surface area contributed by atoms with Crippen molar-refractivity contribution in [3.63, 3.8) is 0 Å². The van der Waals surface area contributed by atoms with Gasteiger partial charge in [-0.25, -0.2) is 4.79 Å². The lowest BCUT2D eigenvalue weighted by Crippen LogP contribution is -2.05. The van der Waals surface area contributed by atoms with Crippen LogP contribution in [0.1, 0.15) is 17.5 Å². The van der Waals surface area contributed by atoms with Gasteiger partial charge >= 0.3 is 5.63 Å². The van der Waals surface area contributed by atoms with Crippen LogP contribution in [-0.2, 0) is 0 Å². The van der Waals surface area contributed by atoms with E-state index in [0.29, 0.717) is 17.8 Å². The van der Waals surface area contributed by atoms with Crippen LogP contribution in [0, 0.1) is 13.8 Å². The van der Waals surface area contributed by atoms with Gasteiger partial charge in [0.2, 0.25) is 0 Å². The monoisotopic (exact) mass is 310 g/mol. The molecule has 0 aliphatic rings. The van der Waals surface area contributed by atoms with Gasteiger partial charge in [-0.2, -0.15) is 0 Å². The van der Waals surface area contributed by atoms with Crippen LogP contribution < -0.4 is 10.4 Å². The van der Waals surface area contributed by atoms with Crippen LogP contribution in [0.2, 0.25) is 0 Å². The molecule has 2 rings (SSSR count). The fraction of sp³-hybridized carbons (Fsp3) is 0.357. The predicted molar refractivity (Wildman–Crippen MR) is 75.9 cm³/mol. The summed E-state index contributed by atoms with van der Waals surface area (Å²) in [5.74, 6) is 0.731. The van der Waals surface area contributed by atoms with Gasteiger partial charge in [-0.1, -0.05) is 15.9 Å². The van der Waals surface area contributed by atoms with Gasteiger partial charge < -0.3 is 9.15 Å². The fourth-order valence-corrected chi connectivity index (χ4v) is 1.99. The zero-order valence-electron chi connectivity index (χ0n) is 10.5. The van der Waals surface area contributed by atoms with Crippen molar-refractivity contribution in [1.82, 2.24) is 0 Å². The summed E-state index contributed by atoms with van der Waals surface area (Å²) in [5, 5.41) is 1.87. The number of benzene rings is 1. The standard InChI is InChI=1S/C14H15BrO3/c1-9-10(2)14(16)18-13-8-11(4-5-12(9)13)17-7-3-6-15/h4-5,8H,3,6-7H2,1-2H3. The highest BCUT2D eigenvalue weighted by molar-refractivity contribution is 9.09. The number of ether oxygens (including phenoxy) is 1. The van der Waals surface area contributed by atoms with Crippen LogP contribution in [0.25, 0.3) is 11.0 Å². The number of rotatable bonds is 4. The average molecular weight is 311 g/mol. The summed E-state index contributed by atoms with van der Waals surface area (Å²) < 4.78 is 10.8. The van der Waals surface area contributed by atoms with E-state index in [-0.39, 0.29) is 5.63 Å². The van der Waals surface area contributed by atoms with Crippen LogP contribution in [0.5, 0.6) is 5.75 Å². The van der Waals surface area contributed by atoms with E-state index in [4.69, 9.17) is 9.15 Å². The molecule has 0 aliphatic carbocycles. The molecular weight excluding hydrogens is 296 g/mol. The first-order valence-corrected chi connectivity index (χ1v) is 6.98. The molecule has 0 spiro atoms. The van der Waals surface area contributed by atoms with Crippen molar-refractivity contribution in [3.05, 3.63) is 39.7 Å². The molecule has 1 aromatic carbocycles. The van der Waals surface area contributed by atoms with Gasteiger partial charge in [-0.05, 0) is 38.0 Å². The lowest BCUT2D eigenvalue weighted by atomic mass is 10.1. The normalized spacial score (nSPS) is 10.8. The maximum absolute atomic E-state index is 11.6. The van der Waals surface area contributed by atoms with E-state index in [0.717, 1.165) is 28.5 Å². The summed E-state index contributed by atoms with van der Waals surface area (Å²) in [4.78, 5) is 11.6. The Balaban J connectivity index is 2.40. The van der Waals surface area contributed by atoms with Crippen LogP contribution >= 0.6 is 15.9 Å². The van der Waals surface area contributed by atoms with Crippen LogP contribution in [-0.4, -0.2) is 11.9 Å². The number of aryl methyl sites for hydroxylation is 1. The molecule has 1 aromatic heterocycles. The van der Waals surface area contributed by atoms with Gasteiger partial charge in [0.05, 0.1) is 6.61 Å². The van der Waals surface area contributed by atoms with E-state index >= 15 is 0 Å². The molecule has 0 atom stereocenters. The highest BCUT2D eigenvalue weighted by Gasteiger charge is 2.08. The molecule has 2 aromatic rings. The molecule has 4 heteroatoms. The maximum atomic E-state index is 11.6. The number of hydrogen-bond donors (Lipinski definition) is 0. The van der Waals surface area contributed by atoms with Crippen molar-refractivity contribution in [2.75, 3.05) is 11.9 Å². The highest BCUT2D eigenvalue weighted by atomic mass is 79.9. The Morgan fingerprint density at radius 2 is 2.06 bits per heavy atom. The Kier molecular flexibility index (Phi) is 4.07. The number of halogens is 1. The van der Waals surface area contributed by atoms with Gasteiger partial charge in [0.25, 0.3) is 0 Å². The third kappa shape index (κ3) is 2.58. The third-order valence-corrected chi connectivity index (χ3v) is 3.54. The molecule has 0 amide bonds.